The van der Waals surface area contributed by atoms with Crippen LogP contribution >= 0.6 is 11.3 Å². The number of nitrogens with zero attached hydrogens (tertiary/aromatic N) is 2. The molecule has 1 aromatic carbocycles. The summed E-state index contributed by atoms with van der Waals surface area (Å²) in [5.74, 6) is -0.121. The molecule has 0 spiro atoms. The van der Waals surface area contributed by atoms with E-state index < -0.39 is 5.97 Å². The van der Waals surface area contributed by atoms with Crippen molar-refractivity contribution >= 4 is 17.3 Å². The number of phenols is 1. The number of benzene rings is 1. The van der Waals surface area contributed by atoms with E-state index in [1.54, 1.807) is 12.1 Å². The topological polar surface area (TPSA) is 85.5 Å². The van der Waals surface area contributed by atoms with Gasteiger partial charge in [-0.15, -0.1) is 0 Å². The summed E-state index contributed by atoms with van der Waals surface area (Å²) in [6.07, 6.45) is 0. The van der Waals surface area contributed by atoms with Gasteiger partial charge in [0, 0.05) is 10.9 Å². The zero-order valence-corrected chi connectivity index (χ0v) is 12.5. The second-order valence-electron chi connectivity index (χ2n) is 4.62. The van der Waals surface area contributed by atoms with Crippen LogP contribution < -0.4 is 0 Å². The van der Waals surface area contributed by atoms with Crippen LogP contribution in [0.2, 0.25) is 0 Å². The molecule has 2 heterocycles. The van der Waals surface area contributed by atoms with Crippen molar-refractivity contribution in [1.29, 1.82) is 0 Å². The van der Waals surface area contributed by atoms with Gasteiger partial charge in [-0.3, -0.25) is 0 Å². The molecule has 0 aliphatic carbocycles. The maximum atomic E-state index is 12.0. The molecule has 0 unspecified atom stereocenters. The van der Waals surface area contributed by atoms with Crippen molar-refractivity contribution in [2.24, 2.45) is 0 Å². The number of rotatable bonds is 4. The Morgan fingerprint density at radius 2 is 2.27 bits per heavy atom. The van der Waals surface area contributed by atoms with Gasteiger partial charge in [-0.25, -0.2) is 4.79 Å². The molecule has 3 rings (SSSR count). The zero-order valence-electron chi connectivity index (χ0n) is 11.6. The average molecular weight is 316 g/mol. The third-order valence-electron chi connectivity index (χ3n) is 2.95. The van der Waals surface area contributed by atoms with Crippen molar-refractivity contribution in [2.75, 3.05) is 0 Å². The third-order valence-corrected chi connectivity index (χ3v) is 3.63. The predicted molar refractivity (Wildman–Crippen MR) is 79.6 cm³/mol. The van der Waals surface area contributed by atoms with Crippen molar-refractivity contribution in [1.82, 2.24) is 10.1 Å². The lowest BCUT2D eigenvalue weighted by molar-refractivity contribution is 0.0426. The van der Waals surface area contributed by atoms with E-state index in [1.165, 1.54) is 17.4 Å². The Labute approximate surface area is 130 Å². The van der Waals surface area contributed by atoms with E-state index in [9.17, 15) is 9.90 Å². The molecule has 0 aliphatic heterocycles. The van der Waals surface area contributed by atoms with Gasteiger partial charge in [0.2, 0.25) is 5.82 Å². The van der Waals surface area contributed by atoms with Crippen molar-refractivity contribution in [2.45, 2.75) is 13.5 Å². The van der Waals surface area contributed by atoms with E-state index in [0.29, 0.717) is 5.82 Å². The largest absolute Gasteiger partial charge is 0.507 e. The van der Waals surface area contributed by atoms with Crippen LogP contribution in [-0.4, -0.2) is 21.2 Å². The first-order valence-electron chi connectivity index (χ1n) is 6.45. The van der Waals surface area contributed by atoms with Crippen molar-refractivity contribution in [3.8, 4) is 17.1 Å². The number of carbonyl (C=O) groups excluding carboxylic acids is 1. The molecule has 6 nitrogen and oxygen atoms in total. The maximum absolute atomic E-state index is 12.0. The third kappa shape index (κ3) is 2.99. The predicted octanol–water partition coefficient (Wildman–Crippen LogP) is 3.17. The highest BCUT2D eigenvalue weighted by Gasteiger charge is 2.15. The van der Waals surface area contributed by atoms with Gasteiger partial charge in [-0.1, -0.05) is 16.8 Å². The second-order valence-corrected chi connectivity index (χ2v) is 5.40. The summed E-state index contributed by atoms with van der Waals surface area (Å²) in [5, 5.41) is 17.3. The first-order valence-corrected chi connectivity index (χ1v) is 7.39. The Bertz CT molecular complexity index is 796. The van der Waals surface area contributed by atoms with Crippen LogP contribution in [0.3, 0.4) is 0 Å². The lowest BCUT2D eigenvalue weighted by Gasteiger charge is -2.05. The summed E-state index contributed by atoms with van der Waals surface area (Å²) in [6, 6.07) is 6.59. The number of thiophene rings is 1. The normalized spacial score (nSPS) is 10.6. The molecule has 0 radical (unpaired) electrons. The number of esters is 1. The van der Waals surface area contributed by atoms with Crippen molar-refractivity contribution < 1.29 is 19.2 Å². The number of ether oxygens (including phenoxy) is 1. The first-order chi connectivity index (χ1) is 10.6. The lowest BCUT2D eigenvalue weighted by Crippen LogP contribution is -2.06. The van der Waals surface area contributed by atoms with Gasteiger partial charge in [-0.2, -0.15) is 16.3 Å². The first kappa shape index (κ1) is 14.3. The monoisotopic (exact) mass is 316 g/mol. The maximum Gasteiger partial charge on any atom is 0.342 e. The van der Waals surface area contributed by atoms with Gasteiger partial charge in [0.25, 0.3) is 5.89 Å². The molecule has 0 fully saturated rings. The summed E-state index contributed by atoms with van der Waals surface area (Å²) in [4.78, 5) is 16.1. The molecule has 0 bridgehead atoms. The Balaban J connectivity index is 1.67. The van der Waals surface area contributed by atoms with Crippen LogP contribution in [0, 0.1) is 6.92 Å². The van der Waals surface area contributed by atoms with Gasteiger partial charge >= 0.3 is 5.97 Å². The minimum absolute atomic E-state index is 0.109. The van der Waals surface area contributed by atoms with Gasteiger partial charge in [-0.05, 0) is 30.5 Å². The molecule has 1 N–H and O–H groups in total. The quantitative estimate of drug-likeness (QED) is 0.744. The SMILES string of the molecule is Cc1ccc(O)c(C(=O)OCc2nc(-c3ccsc3)no2)c1. The number of hydrogen-bond donors (Lipinski definition) is 1. The summed E-state index contributed by atoms with van der Waals surface area (Å²) in [5.41, 5.74) is 1.81. The standard InChI is InChI=1S/C15H12N2O4S/c1-9-2-3-12(18)11(6-9)15(19)20-7-13-16-14(17-21-13)10-4-5-22-8-10/h2-6,8,18H,7H2,1H3. The highest BCUT2D eigenvalue weighted by Crippen LogP contribution is 2.21. The minimum atomic E-state index is -0.642. The summed E-state index contributed by atoms with van der Waals surface area (Å²) >= 11 is 1.53. The van der Waals surface area contributed by atoms with E-state index in [0.717, 1.165) is 11.1 Å². The van der Waals surface area contributed by atoms with Gasteiger partial charge in [0.1, 0.15) is 11.3 Å². The molecule has 0 saturated heterocycles. The molecule has 7 heteroatoms. The molecular weight excluding hydrogens is 304 g/mol. The van der Waals surface area contributed by atoms with Crippen molar-refractivity contribution in [3.05, 3.63) is 52.0 Å². The molecule has 3 aromatic rings. The van der Waals surface area contributed by atoms with Gasteiger partial charge in [0.15, 0.2) is 6.61 Å². The molecular formula is C15H12N2O4S. The van der Waals surface area contributed by atoms with E-state index in [4.69, 9.17) is 9.26 Å². The molecule has 0 aliphatic rings. The van der Waals surface area contributed by atoms with E-state index in [2.05, 4.69) is 10.1 Å². The van der Waals surface area contributed by atoms with Gasteiger partial charge in [0.05, 0.1) is 0 Å². The fourth-order valence-corrected chi connectivity index (χ4v) is 2.48. The summed E-state index contributed by atoms with van der Waals surface area (Å²) in [6.45, 7) is 1.67. The fraction of sp³-hybridized carbons (Fsp3) is 0.133. The molecule has 2 aromatic heterocycles. The van der Waals surface area contributed by atoms with Crippen LogP contribution in [-0.2, 0) is 11.3 Å². The van der Waals surface area contributed by atoms with E-state index >= 15 is 0 Å². The van der Waals surface area contributed by atoms with Gasteiger partial charge < -0.3 is 14.4 Å². The Hall–Kier alpha value is -2.67. The summed E-state index contributed by atoms with van der Waals surface area (Å²) in [7, 11) is 0. The minimum Gasteiger partial charge on any atom is -0.507 e. The number of phenolic OH excluding ortho intramolecular Hbond substituents is 1. The molecule has 0 atom stereocenters. The van der Waals surface area contributed by atoms with Crippen LogP contribution in [0.15, 0.2) is 39.5 Å². The van der Waals surface area contributed by atoms with Crippen LogP contribution in [0.25, 0.3) is 11.4 Å². The number of aromatic hydroxyl groups is 1. The van der Waals surface area contributed by atoms with Crippen LogP contribution in [0.1, 0.15) is 21.8 Å². The summed E-state index contributed by atoms with van der Waals surface area (Å²) < 4.78 is 10.1. The van der Waals surface area contributed by atoms with E-state index in [1.807, 2.05) is 23.8 Å². The van der Waals surface area contributed by atoms with Crippen LogP contribution in [0.4, 0.5) is 0 Å². The fourth-order valence-electron chi connectivity index (χ4n) is 1.84. The highest BCUT2D eigenvalue weighted by molar-refractivity contribution is 7.08. The number of aromatic nitrogens is 2. The lowest BCUT2D eigenvalue weighted by atomic mass is 10.1. The average Bonchev–Trinajstić information content (AvgIpc) is 3.17. The van der Waals surface area contributed by atoms with E-state index in [-0.39, 0.29) is 23.8 Å². The van der Waals surface area contributed by atoms with Crippen molar-refractivity contribution in [3.63, 3.8) is 0 Å². The number of hydrogen-bond acceptors (Lipinski definition) is 7. The molecule has 22 heavy (non-hydrogen) atoms. The smallest absolute Gasteiger partial charge is 0.342 e. The number of carbonyl (C=O) groups is 1. The number of aryl methyl sites for hydroxylation is 1. The molecule has 112 valence electrons. The Kier molecular flexibility index (Phi) is 3.88. The molecule has 0 saturated carbocycles. The second kappa shape index (κ2) is 5.98. The zero-order chi connectivity index (χ0) is 15.5. The highest BCUT2D eigenvalue weighted by atomic mass is 32.1. The Morgan fingerprint density at radius 1 is 1.41 bits per heavy atom. The van der Waals surface area contributed by atoms with Crippen LogP contribution in [0.5, 0.6) is 5.75 Å². The molecule has 0 amide bonds. The Morgan fingerprint density at radius 3 is 3.05 bits per heavy atom.